The van der Waals surface area contributed by atoms with Crippen molar-refractivity contribution in [3.63, 3.8) is 0 Å². The molecular weight excluding hydrogens is 284 g/mol. The first-order valence-electron chi connectivity index (χ1n) is 7.15. The molecule has 0 aliphatic heterocycles. The molecule has 1 aliphatic rings. The number of nitrogens with two attached hydrogens (primary N) is 1. The number of nitrogens with one attached hydrogen (secondary N) is 1. The van der Waals surface area contributed by atoms with Gasteiger partial charge in [0.15, 0.2) is 0 Å². The van der Waals surface area contributed by atoms with E-state index in [9.17, 15) is 4.79 Å². The molecule has 4 heteroatoms. The van der Waals surface area contributed by atoms with E-state index in [0.717, 1.165) is 5.56 Å². The average molecular weight is 307 g/mol. The summed E-state index contributed by atoms with van der Waals surface area (Å²) in [6.07, 6.45) is 3.34. The third-order valence-corrected chi connectivity index (χ3v) is 4.93. The van der Waals surface area contributed by atoms with Gasteiger partial charge < -0.3 is 11.1 Å². The molecule has 3 N–H and O–H groups in total. The van der Waals surface area contributed by atoms with Crippen LogP contribution in [0, 0.1) is 10.8 Å². The van der Waals surface area contributed by atoms with Crippen molar-refractivity contribution in [2.24, 2.45) is 16.6 Å². The van der Waals surface area contributed by atoms with E-state index in [4.69, 9.17) is 17.3 Å². The summed E-state index contributed by atoms with van der Waals surface area (Å²) in [7, 11) is 0. The first-order valence-corrected chi connectivity index (χ1v) is 7.53. The number of amides is 1. The molecule has 0 spiro atoms. The Morgan fingerprint density at radius 3 is 2.24 bits per heavy atom. The monoisotopic (exact) mass is 306 g/mol. The zero-order valence-electron chi connectivity index (χ0n) is 13.0. The number of benzene rings is 1. The molecule has 0 unspecified atom stereocenters. The molecule has 1 aromatic rings. The topological polar surface area (TPSA) is 55.1 Å². The summed E-state index contributed by atoms with van der Waals surface area (Å²) in [5.41, 5.74) is 6.96. The van der Waals surface area contributed by atoms with E-state index in [-0.39, 0.29) is 28.8 Å². The Balaban J connectivity index is 2.01. The van der Waals surface area contributed by atoms with Gasteiger partial charge in [-0.3, -0.25) is 4.79 Å². The highest BCUT2D eigenvalue weighted by Gasteiger charge is 2.60. The van der Waals surface area contributed by atoms with Crippen molar-refractivity contribution < 1.29 is 4.79 Å². The van der Waals surface area contributed by atoms with Crippen LogP contribution in [-0.2, 0) is 4.79 Å². The molecule has 0 radical (unpaired) electrons. The molecule has 1 aromatic carbocycles. The van der Waals surface area contributed by atoms with E-state index < -0.39 is 0 Å². The third-order valence-electron chi connectivity index (χ3n) is 4.67. The largest absolute Gasteiger partial charge is 0.349 e. The molecular formula is C17H23ClN2O. The quantitative estimate of drug-likeness (QED) is 0.842. The molecule has 0 saturated heterocycles. The summed E-state index contributed by atoms with van der Waals surface area (Å²) in [6, 6.07) is 7.50. The van der Waals surface area contributed by atoms with Crippen LogP contribution >= 0.6 is 11.6 Å². The van der Waals surface area contributed by atoms with Crippen LogP contribution < -0.4 is 11.1 Å². The van der Waals surface area contributed by atoms with Gasteiger partial charge in [0.2, 0.25) is 5.91 Å². The Morgan fingerprint density at radius 1 is 1.19 bits per heavy atom. The minimum Gasteiger partial charge on any atom is -0.349 e. The van der Waals surface area contributed by atoms with Gasteiger partial charge in [0, 0.05) is 34.0 Å². The van der Waals surface area contributed by atoms with E-state index in [2.05, 4.69) is 33.0 Å². The molecule has 1 saturated carbocycles. The second-order valence-corrected chi connectivity index (χ2v) is 7.38. The maximum Gasteiger partial charge on any atom is 0.244 e. The van der Waals surface area contributed by atoms with Crippen molar-refractivity contribution >= 4 is 23.6 Å². The van der Waals surface area contributed by atoms with Gasteiger partial charge in [-0.2, -0.15) is 0 Å². The van der Waals surface area contributed by atoms with E-state index in [1.165, 1.54) is 0 Å². The van der Waals surface area contributed by atoms with Gasteiger partial charge in [0.25, 0.3) is 0 Å². The minimum atomic E-state index is -0.0944. The van der Waals surface area contributed by atoms with E-state index in [1.54, 1.807) is 24.3 Å². The van der Waals surface area contributed by atoms with E-state index >= 15 is 0 Å². The van der Waals surface area contributed by atoms with Gasteiger partial charge in [-0.05, 0) is 23.8 Å². The van der Waals surface area contributed by atoms with E-state index in [1.807, 2.05) is 12.1 Å². The number of carbonyl (C=O) groups is 1. The van der Waals surface area contributed by atoms with Crippen molar-refractivity contribution in [2.75, 3.05) is 0 Å². The standard InChI is InChI=1S/C17H23ClN2O/c1-16(2)14(19)17(3,4)15(16)20-13(21)10-7-11-5-8-12(18)9-6-11/h5-10,14-15H,19H2,1-4H3,(H,20,21). The SMILES string of the molecule is CC1(C)C(N)C(C)(C)C1NC(=O)C=Cc1ccc(Cl)cc1. The summed E-state index contributed by atoms with van der Waals surface area (Å²) in [6.45, 7) is 8.38. The van der Waals surface area contributed by atoms with Crippen molar-refractivity contribution in [3.05, 3.63) is 40.9 Å². The van der Waals surface area contributed by atoms with Gasteiger partial charge in [0.1, 0.15) is 0 Å². The summed E-state index contributed by atoms with van der Waals surface area (Å²) in [5.74, 6) is -0.0944. The Bertz CT molecular complexity index is 545. The maximum atomic E-state index is 12.1. The first-order chi connectivity index (χ1) is 9.65. The van der Waals surface area contributed by atoms with Gasteiger partial charge >= 0.3 is 0 Å². The van der Waals surface area contributed by atoms with Gasteiger partial charge in [-0.25, -0.2) is 0 Å². The Morgan fingerprint density at radius 2 is 1.71 bits per heavy atom. The molecule has 1 aliphatic carbocycles. The zero-order chi connectivity index (χ0) is 15.8. The number of carbonyl (C=O) groups excluding carboxylic acids is 1. The number of hydrogen-bond donors (Lipinski definition) is 2. The average Bonchev–Trinajstić information content (AvgIpc) is 2.43. The fraction of sp³-hybridized carbons (Fsp3) is 0.471. The Hall–Kier alpha value is -1.32. The maximum absolute atomic E-state index is 12.1. The molecule has 3 nitrogen and oxygen atoms in total. The zero-order valence-corrected chi connectivity index (χ0v) is 13.7. The molecule has 1 amide bonds. The van der Waals surface area contributed by atoms with Crippen LogP contribution in [0.3, 0.4) is 0 Å². The van der Waals surface area contributed by atoms with Crippen LogP contribution in [-0.4, -0.2) is 18.0 Å². The Labute approximate surface area is 131 Å². The van der Waals surface area contributed by atoms with Crippen LogP contribution in [0.4, 0.5) is 0 Å². The Kier molecular flexibility index (Phi) is 4.18. The molecule has 1 fully saturated rings. The predicted octanol–water partition coefficient (Wildman–Crippen LogP) is 3.23. The van der Waals surface area contributed by atoms with Crippen LogP contribution in [0.1, 0.15) is 33.3 Å². The summed E-state index contributed by atoms with van der Waals surface area (Å²) < 4.78 is 0. The predicted molar refractivity (Wildman–Crippen MR) is 88.0 cm³/mol. The van der Waals surface area contributed by atoms with Crippen molar-refractivity contribution in [2.45, 2.75) is 39.8 Å². The van der Waals surface area contributed by atoms with Crippen molar-refractivity contribution in [1.82, 2.24) is 5.32 Å². The van der Waals surface area contributed by atoms with Gasteiger partial charge in [-0.1, -0.05) is 51.4 Å². The number of halogens is 1. The fourth-order valence-corrected chi connectivity index (χ4v) is 3.61. The van der Waals surface area contributed by atoms with Gasteiger partial charge in [-0.15, -0.1) is 0 Å². The fourth-order valence-electron chi connectivity index (χ4n) is 3.49. The van der Waals surface area contributed by atoms with E-state index in [0.29, 0.717) is 5.02 Å². The van der Waals surface area contributed by atoms with Crippen molar-refractivity contribution in [3.8, 4) is 0 Å². The number of rotatable bonds is 3. The summed E-state index contributed by atoms with van der Waals surface area (Å²) in [4.78, 5) is 12.1. The van der Waals surface area contributed by atoms with Crippen LogP contribution in [0.5, 0.6) is 0 Å². The molecule has 0 bridgehead atoms. The molecule has 0 aromatic heterocycles. The van der Waals surface area contributed by atoms with Crippen LogP contribution in [0.25, 0.3) is 6.08 Å². The van der Waals surface area contributed by atoms with Crippen molar-refractivity contribution in [1.29, 1.82) is 0 Å². The number of hydrogen-bond acceptors (Lipinski definition) is 2. The first kappa shape index (κ1) is 16.1. The third kappa shape index (κ3) is 2.99. The lowest BCUT2D eigenvalue weighted by atomic mass is 9.48. The highest BCUT2D eigenvalue weighted by Crippen LogP contribution is 2.52. The lowest BCUT2D eigenvalue weighted by Gasteiger charge is -2.62. The highest BCUT2D eigenvalue weighted by atomic mass is 35.5. The lowest BCUT2D eigenvalue weighted by Crippen LogP contribution is -2.75. The normalized spacial score (nSPS) is 26.4. The second kappa shape index (κ2) is 5.47. The smallest absolute Gasteiger partial charge is 0.244 e. The lowest BCUT2D eigenvalue weighted by molar-refractivity contribution is -0.127. The second-order valence-electron chi connectivity index (χ2n) is 6.95. The van der Waals surface area contributed by atoms with Gasteiger partial charge in [0.05, 0.1) is 0 Å². The molecule has 0 heterocycles. The summed E-state index contributed by atoms with van der Waals surface area (Å²) >= 11 is 5.83. The summed E-state index contributed by atoms with van der Waals surface area (Å²) in [5, 5.41) is 3.76. The molecule has 21 heavy (non-hydrogen) atoms. The molecule has 0 atom stereocenters. The minimum absolute atomic E-state index is 0.0716. The van der Waals surface area contributed by atoms with Crippen LogP contribution in [0.2, 0.25) is 5.02 Å². The highest BCUT2D eigenvalue weighted by molar-refractivity contribution is 6.30. The van der Waals surface area contributed by atoms with Crippen LogP contribution in [0.15, 0.2) is 30.3 Å². The molecule has 2 rings (SSSR count). The molecule has 114 valence electrons.